The van der Waals surface area contributed by atoms with Crippen molar-refractivity contribution < 1.29 is 4.42 Å². The number of benzene rings is 2. The van der Waals surface area contributed by atoms with E-state index in [4.69, 9.17) is 4.42 Å². The van der Waals surface area contributed by atoms with Crippen molar-refractivity contribution in [2.24, 2.45) is 0 Å². The molecule has 0 saturated carbocycles. The molecule has 0 aliphatic carbocycles. The molecule has 0 radical (unpaired) electrons. The molecule has 0 atom stereocenters. The summed E-state index contributed by atoms with van der Waals surface area (Å²) in [7, 11) is 0. The second kappa shape index (κ2) is 7.09. The van der Waals surface area contributed by atoms with Crippen LogP contribution in [0.3, 0.4) is 0 Å². The molecule has 142 valence electrons. The average Bonchev–Trinajstić information content (AvgIpc) is 3.41. The first-order valence-electron chi connectivity index (χ1n) is 8.91. The molecular formula is C22H14BrN3O2S. The molecule has 0 aliphatic heterocycles. The molecule has 0 fully saturated rings. The van der Waals surface area contributed by atoms with Gasteiger partial charge in [0.25, 0.3) is 5.56 Å². The van der Waals surface area contributed by atoms with Crippen LogP contribution in [0.1, 0.15) is 11.3 Å². The standard InChI is InChI=1S/C22H14BrN3O2S/c1-13-4-2-3-5-17(13)20-24-22-26(25-20)21(27)19(29-22)12-16-10-11-18(28-16)14-6-8-15(23)9-7-14/h2-12H,1H3/b19-12-. The number of furan rings is 1. The Bertz CT molecular complexity index is 1450. The van der Waals surface area contributed by atoms with Crippen molar-refractivity contribution in [2.75, 3.05) is 0 Å². The number of halogens is 1. The zero-order chi connectivity index (χ0) is 20.0. The normalized spacial score (nSPS) is 12.1. The van der Waals surface area contributed by atoms with Gasteiger partial charge in [0.05, 0.1) is 0 Å². The highest BCUT2D eigenvalue weighted by Crippen LogP contribution is 2.24. The maximum atomic E-state index is 12.8. The lowest BCUT2D eigenvalue weighted by Gasteiger charge is -1.98. The molecule has 0 spiro atoms. The first kappa shape index (κ1) is 18.0. The van der Waals surface area contributed by atoms with Crippen molar-refractivity contribution in [3.05, 3.63) is 91.3 Å². The third kappa shape index (κ3) is 3.32. The van der Waals surface area contributed by atoms with Gasteiger partial charge in [-0.2, -0.15) is 9.50 Å². The van der Waals surface area contributed by atoms with Crippen molar-refractivity contribution in [1.29, 1.82) is 0 Å². The molecule has 5 rings (SSSR count). The van der Waals surface area contributed by atoms with Gasteiger partial charge in [-0.1, -0.05) is 63.7 Å². The van der Waals surface area contributed by atoms with E-state index in [2.05, 4.69) is 26.0 Å². The second-order valence-corrected chi connectivity index (χ2v) is 8.49. The number of hydrogen-bond acceptors (Lipinski definition) is 5. The fraction of sp³-hybridized carbons (Fsp3) is 0.0455. The number of nitrogens with zero attached hydrogens (tertiary/aromatic N) is 3. The van der Waals surface area contributed by atoms with Crippen molar-refractivity contribution in [3.8, 4) is 22.7 Å². The van der Waals surface area contributed by atoms with Gasteiger partial charge in [-0.15, -0.1) is 5.10 Å². The molecule has 0 saturated heterocycles. The van der Waals surface area contributed by atoms with Crippen molar-refractivity contribution in [2.45, 2.75) is 6.92 Å². The molecule has 5 aromatic rings. The Morgan fingerprint density at radius 1 is 1.07 bits per heavy atom. The largest absolute Gasteiger partial charge is 0.457 e. The van der Waals surface area contributed by atoms with E-state index in [9.17, 15) is 4.79 Å². The van der Waals surface area contributed by atoms with Gasteiger partial charge >= 0.3 is 0 Å². The summed E-state index contributed by atoms with van der Waals surface area (Å²) < 4.78 is 8.80. The summed E-state index contributed by atoms with van der Waals surface area (Å²) in [5, 5.41) is 4.42. The lowest BCUT2D eigenvalue weighted by molar-refractivity contribution is 0.571. The van der Waals surface area contributed by atoms with E-state index in [0.29, 0.717) is 21.1 Å². The molecule has 0 amide bonds. The number of thiazole rings is 1. The van der Waals surface area contributed by atoms with Crippen LogP contribution in [0.15, 0.2) is 74.3 Å². The van der Waals surface area contributed by atoms with Gasteiger partial charge in [0.15, 0.2) is 5.82 Å². The quantitative estimate of drug-likeness (QED) is 0.389. The van der Waals surface area contributed by atoms with Crippen LogP contribution in [0.25, 0.3) is 33.7 Å². The van der Waals surface area contributed by atoms with Gasteiger partial charge < -0.3 is 4.42 Å². The lowest BCUT2D eigenvalue weighted by atomic mass is 10.1. The number of fused-ring (bicyclic) bond motifs is 1. The van der Waals surface area contributed by atoms with Crippen molar-refractivity contribution in [3.63, 3.8) is 0 Å². The van der Waals surface area contributed by atoms with Gasteiger partial charge in [0.1, 0.15) is 16.1 Å². The summed E-state index contributed by atoms with van der Waals surface area (Å²) in [4.78, 5) is 17.9. The Kier molecular flexibility index (Phi) is 4.41. The third-order valence-corrected chi connectivity index (χ3v) is 6.08. The van der Waals surface area contributed by atoms with Crippen LogP contribution in [0, 0.1) is 6.92 Å². The van der Waals surface area contributed by atoms with Crippen molar-refractivity contribution >= 4 is 38.3 Å². The fourth-order valence-corrected chi connectivity index (χ4v) is 4.25. The predicted octanol–water partition coefficient (Wildman–Crippen LogP) is 4.70. The zero-order valence-electron chi connectivity index (χ0n) is 15.3. The van der Waals surface area contributed by atoms with Crippen LogP contribution in [0.2, 0.25) is 0 Å². The number of aromatic nitrogens is 3. The Balaban J connectivity index is 1.53. The highest BCUT2D eigenvalue weighted by atomic mass is 79.9. The molecule has 0 bridgehead atoms. The molecule has 3 aromatic heterocycles. The molecule has 0 aliphatic rings. The average molecular weight is 464 g/mol. The highest BCUT2D eigenvalue weighted by molar-refractivity contribution is 9.10. The first-order chi connectivity index (χ1) is 14.1. The zero-order valence-corrected chi connectivity index (χ0v) is 17.7. The van der Waals surface area contributed by atoms with Gasteiger partial charge in [-0.05, 0) is 36.8 Å². The van der Waals surface area contributed by atoms with Crippen molar-refractivity contribution in [1.82, 2.24) is 14.6 Å². The molecule has 2 aromatic carbocycles. The first-order valence-corrected chi connectivity index (χ1v) is 10.5. The van der Waals surface area contributed by atoms with Crippen LogP contribution in [0.4, 0.5) is 0 Å². The van der Waals surface area contributed by atoms with Gasteiger partial charge in [-0.25, -0.2) is 0 Å². The Labute approximate surface area is 178 Å². The molecule has 5 nitrogen and oxygen atoms in total. The van der Waals surface area contributed by atoms with Crippen LogP contribution >= 0.6 is 27.3 Å². The monoisotopic (exact) mass is 463 g/mol. The number of rotatable bonds is 3. The summed E-state index contributed by atoms with van der Waals surface area (Å²) >= 11 is 4.73. The molecule has 0 unspecified atom stereocenters. The molecule has 0 N–H and O–H groups in total. The van der Waals surface area contributed by atoms with Gasteiger partial charge in [-0.3, -0.25) is 4.79 Å². The Morgan fingerprint density at radius 3 is 2.62 bits per heavy atom. The Morgan fingerprint density at radius 2 is 1.86 bits per heavy atom. The smallest absolute Gasteiger partial charge is 0.291 e. The maximum Gasteiger partial charge on any atom is 0.291 e. The minimum Gasteiger partial charge on any atom is -0.457 e. The van der Waals surface area contributed by atoms with E-state index in [-0.39, 0.29) is 5.56 Å². The van der Waals surface area contributed by atoms with Gasteiger partial charge in [0, 0.05) is 21.7 Å². The molecule has 7 heteroatoms. The molecular weight excluding hydrogens is 450 g/mol. The molecule has 3 heterocycles. The number of hydrogen-bond donors (Lipinski definition) is 0. The van der Waals surface area contributed by atoms with E-state index in [1.807, 2.05) is 67.6 Å². The summed E-state index contributed by atoms with van der Waals surface area (Å²) in [5.41, 5.74) is 2.78. The van der Waals surface area contributed by atoms with E-state index in [1.54, 1.807) is 6.08 Å². The third-order valence-electron chi connectivity index (χ3n) is 4.60. The summed E-state index contributed by atoms with van der Waals surface area (Å²) in [5.74, 6) is 1.93. The maximum absolute atomic E-state index is 12.8. The van der Waals surface area contributed by atoms with E-state index in [0.717, 1.165) is 26.9 Å². The fourth-order valence-electron chi connectivity index (χ4n) is 3.10. The predicted molar refractivity (Wildman–Crippen MR) is 118 cm³/mol. The van der Waals surface area contributed by atoms with E-state index in [1.165, 1.54) is 15.9 Å². The van der Waals surface area contributed by atoms with Gasteiger partial charge in [0.2, 0.25) is 4.96 Å². The van der Waals surface area contributed by atoms with Crippen LogP contribution < -0.4 is 10.1 Å². The summed E-state index contributed by atoms with van der Waals surface area (Å²) in [6.45, 7) is 2.00. The number of aryl methyl sites for hydroxylation is 1. The highest BCUT2D eigenvalue weighted by Gasteiger charge is 2.13. The van der Waals surface area contributed by atoms with E-state index < -0.39 is 0 Å². The molecule has 29 heavy (non-hydrogen) atoms. The van der Waals surface area contributed by atoms with Crippen LogP contribution in [-0.2, 0) is 0 Å². The van der Waals surface area contributed by atoms with E-state index >= 15 is 0 Å². The topological polar surface area (TPSA) is 60.4 Å². The lowest BCUT2D eigenvalue weighted by Crippen LogP contribution is -2.23. The second-order valence-electron chi connectivity index (χ2n) is 6.57. The minimum absolute atomic E-state index is 0.195. The summed E-state index contributed by atoms with van der Waals surface area (Å²) in [6.07, 6.45) is 1.74. The van der Waals surface area contributed by atoms with Crippen LogP contribution in [-0.4, -0.2) is 14.6 Å². The SMILES string of the molecule is Cc1ccccc1-c1nc2s/c(=C\c3ccc(-c4ccc(Br)cc4)o3)c(=O)n2n1. The van der Waals surface area contributed by atoms with Crippen LogP contribution in [0.5, 0.6) is 0 Å². The Hall–Kier alpha value is -3.03. The summed E-state index contributed by atoms with van der Waals surface area (Å²) in [6, 6.07) is 19.5. The minimum atomic E-state index is -0.195.